The van der Waals surface area contributed by atoms with E-state index < -0.39 is 6.03 Å². The predicted molar refractivity (Wildman–Crippen MR) is 121 cm³/mol. The number of carbonyl (C=O) groups excluding carboxylic acids is 1. The number of anilines is 1. The maximum Gasteiger partial charge on any atom is 0.326 e. The van der Waals surface area contributed by atoms with Crippen LogP contribution in [0, 0.1) is 0 Å². The van der Waals surface area contributed by atoms with Crippen molar-refractivity contribution in [3.8, 4) is 17.1 Å². The minimum Gasteiger partial charge on any atom is -0.494 e. The standard InChI is InChI=1S/C24H19N5O2/c25-24(31)29-21-10-4-2-8-17(21)22(23(29)30)20-12-19(16-7-1-3-9-18(16)28-20)27-14-15-6-5-11-26-13-15/h1-13,30H,14H2,(H2,25,31)(H,27,28). The number of primary amides is 1. The Kier molecular flexibility index (Phi) is 4.48. The molecular weight excluding hydrogens is 390 g/mol. The summed E-state index contributed by atoms with van der Waals surface area (Å²) >= 11 is 0. The molecule has 5 rings (SSSR count). The van der Waals surface area contributed by atoms with Gasteiger partial charge in [-0.25, -0.2) is 14.3 Å². The van der Waals surface area contributed by atoms with Crippen molar-refractivity contribution in [2.75, 3.05) is 5.32 Å². The fraction of sp³-hybridized carbons (Fsp3) is 0.0417. The van der Waals surface area contributed by atoms with Gasteiger partial charge in [0.05, 0.1) is 22.3 Å². The monoisotopic (exact) mass is 409 g/mol. The molecule has 0 spiro atoms. The number of nitrogens with two attached hydrogens (primary N) is 1. The van der Waals surface area contributed by atoms with Crippen molar-refractivity contribution >= 4 is 33.5 Å². The number of rotatable bonds is 4. The van der Waals surface area contributed by atoms with E-state index >= 15 is 0 Å². The van der Waals surface area contributed by atoms with Gasteiger partial charge < -0.3 is 16.2 Å². The molecule has 0 unspecified atom stereocenters. The second-order valence-electron chi connectivity index (χ2n) is 7.18. The third-order valence-corrected chi connectivity index (χ3v) is 5.25. The topological polar surface area (TPSA) is 106 Å². The predicted octanol–water partition coefficient (Wildman–Crippen LogP) is 4.50. The van der Waals surface area contributed by atoms with Crippen LogP contribution in [0.2, 0.25) is 0 Å². The highest BCUT2D eigenvalue weighted by atomic mass is 16.3. The van der Waals surface area contributed by atoms with Gasteiger partial charge in [-0.3, -0.25) is 4.98 Å². The lowest BCUT2D eigenvalue weighted by atomic mass is 10.1. The highest BCUT2D eigenvalue weighted by molar-refractivity contribution is 6.06. The number of nitrogens with one attached hydrogen (secondary N) is 1. The molecule has 3 aromatic heterocycles. The first-order valence-electron chi connectivity index (χ1n) is 9.78. The fourth-order valence-electron chi connectivity index (χ4n) is 3.85. The van der Waals surface area contributed by atoms with Gasteiger partial charge in [0, 0.05) is 35.4 Å². The van der Waals surface area contributed by atoms with E-state index in [-0.39, 0.29) is 5.88 Å². The second kappa shape index (κ2) is 7.46. The van der Waals surface area contributed by atoms with Gasteiger partial charge in [-0.15, -0.1) is 0 Å². The Hall–Kier alpha value is -4.39. The summed E-state index contributed by atoms with van der Waals surface area (Å²) in [6, 6.07) is 20.0. The number of hydrogen-bond donors (Lipinski definition) is 3. The lowest BCUT2D eigenvalue weighted by molar-refractivity contribution is 0.248. The molecule has 152 valence electrons. The third-order valence-electron chi connectivity index (χ3n) is 5.25. The molecule has 3 heterocycles. The van der Waals surface area contributed by atoms with Gasteiger partial charge in [-0.2, -0.15) is 0 Å². The normalized spacial score (nSPS) is 11.1. The molecule has 0 atom stereocenters. The zero-order valence-electron chi connectivity index (χ0n) is 16.5. The van der Waals surface area contributed by atoms with Gasteiger partial charge >= 0.3 is 6.03 Å². The van der Waals surface area contributed by atoms with E-state index in [0.29, 0.717) is 28.7 Å². The van der Waals surface area contributed by atoms with Crippen LogP contribution >= 0.6 is 0 Å². The lowest BCUT2D eigenvalue weighted by Crippen LogP contribution is -2.18. The number of pyridine rings is 2. The van der Waals surface area contributed by atoms with Crippen molar-refractivity contribution in [2.45, 2.75) is 6.54 Å². The molecule has 0 aliphatic heterocycles. The molecule has 0 radical (unpaired) electrons. The molecule has 7 nitrogen and oxygen atoms in total. The Bertz CT molecular complexity index is 1430. The van der Waals surface area contributed by atoms with Gasteiger partial charge in [0.2, 0.25) is 5.88 Å². The summed E-state index contributed by atoms with van der Waals surface area (Å²) < 4.78 is 1.10. The SMILES string of the molecule is NC(=O)n1c(O)c(-c2cc(NCc3cccnc3)c3ccccc3n2)c2ccccc21. The molecule has 0 aliphatic rings. The first-order chi connectivity index (χ1) is 15.1. The van der Waals surface area contributed by atoms with Crippen molar-refractivity contribution in [2.24, 2.45) is 5.73 Å². The van der Waals surface area contributed by atoms with Crippen LogP contribution in [0.4, 0.5) is 10.5 Å². The van der Waals surface area contributed by atoms with Crippen molar-refractivity contribution in [3.05, 3.63) is 84.7 Å². The minimum absolute atomic E-state index is 0.227. The van der Waals surface area contributed by atoms with E-state index in [4.69, 9.17) is 10.7 Å². The summed E-state index contributed by atoms with van der Waals surface area (Å²) in [5.74, 6) is -0.227. The van der Waals surface area contributed by atoms with Crippen molar-refractivity contribution in [3.63, 3.8) is 0 Å². The van der Waals surface area contributed by atoms with Crippen LogP contribution in [0.15, 0.2) is 79.1 Å². The third kappa shape index (κ3) is 3.22. The van der Waals surface area contributed by atoms with Crippen molar-refractivity contribution in [1.29, 1.82) is 0 Å². The van der Waals surface area contributed by atoms with Gasteiger partial charge in [-0.05, 0) is 29.8 Å². The first kappa shape index (κ1) is 18.6. The molecule has 5 aromatic rings. The number of benzene rings is 2. The van der Waals surface area contributed by atoms with Crippen LogP contribution in [-0.4, -0.2) is 25.7 Å². The smallest absolute Gasteiger partial charge is 0.326 e. The van der Waals surface area contributed by atoms with E-state index in [1.165, 1.54) is 0 Å². The average molecular weight is 409 g/mol. The number of carbonyl (C=O) groups is 1. The number of aromatic nitrogens is 3. The number of amides is 1. The van der Waals surface area contributed by atoms with Gasteiger partial charge in [0.1, 0.15) is 0 Å². The Morgan fingerprint density at radius 1 is 1.03 bits per heavy atom. The van der Waals surface area contributed by atoms with Crippen LogP contribution in [0.25, 0.3) is 33.1 Å². The highest BCUT2D eigenvalue weighted by Crippen LogP contribution is 2.40. The van der Waals surface area contributed by atoms with E-state index in [1.807, 2.05) is 60.8 Å². The minimum atomic E-state index is -0.754. The Morgan fingerprint density at radius 2 is 1.81 bits per heavy atom. The Balaban J connectivity index is 1.70. The van der Waals surface area contributed by atoms with E-state index in [0.717, 1.165) is 26.7 Å². The summed E-state index contributed by atoms with van der Waals surface area (Å²) in [6.07, 6.45) is 3.55. The molecule has 4 N–H and O–H groups in total. The van der Waals surface area contributed by atoms with E-state index in [9.17, 15) is 9.90 Å². The fourth-order valence-corrected chi connectivity index (χ4v) is 3.85. The van der Waals surface area contributed by atoms with Gasteiger partial charge in [-0.1, -0.05) is 42.5 Å². The quantitative estimate of drug-likeness (QED) is 0.405. The van der Waals surface area contributed by atoms with E-state index in [1.54, 1.807) is 18.3 Å². The molecule has 7 heteroatoms. The summed E-state index contributed by atoms with van der Waals surface area (Å²) in [5.41, 5.74) is 9.73. The second-order valence-corrected chi connectivity index (χ2v) is 7.18. The van der Waals surface area contributed by atoms with Crippen LogP contribution in [0.1, 0.15) is 5.56 Å². The Morgan fingerprint density at radius 3 is 2.58 bits per heavy atom. The number of para-hydroxylation sites is 2. The average Bonchev–Trinajstić information content (AvgIpc) is 3.10. The lowest BCUT2D eigenvalue weighted by Gasteiger charge is -2.12. The highest BCUT2D eigenvalue weighted by Gasteiger charge is 2.22. The first-order valence-corrected chi connectivity index (χ1v) is 9.78. The molecule has 31 heavy (non-hydrogen) atoms. The molecule has 0 saturated heterocycles. The molecular formula is C24H19N5O2. The van der Waals surface area contributed by atoms with Crippen LogP contribution in [-0.2, 0) is 6.54 Å². The number of fused-ring (bicyclic) bond motifs is 2. The molecule has 0 aliphatic carbocycles. The number of nitrogens with zero attached hydrogens (tertiary/aromatic N) is 3. The number of aromatic hydroxyl groups is 1. The van der Waals surface area contributed by atoms with Crippen molar-refractivity contribution < 1.29 is 9.90 Å². The summed E-state index contributed by atoms with van der Waals surface area (Å²) in [6.45, 7) is 0.580. The van der Waals surface area contributed by atoms with Gasteiger partial charge in [0.25, 0.3) is 0 Å². The number of hydrogen-bond acceptors (Lipinski definition) is 5. The maximum absolute atomic E-state index is 12.0. The maximum atomic E-state index is 12.0. The van der Waals surface area contributed by atoms with Crippen LogP contribution < -0.4 is 11.1 Å². The summed E-state index contributed by atoms with van der Waals surface area (Å²) in [4.78, 5) is 20.9. The molecule has 2 aromatic carbocycles. The molecule has 0 saturated carbocycles. The molecule has 0 bridgehead atoms. The Labute approximate surface area is 177 Å². The van der Waals surface area contributed by atoms with Crippen molar-refractivity contribution in [1.82, 2.24) is 14.5 Å². The molecule has 1 amide bonds. The van der Waals surface area contributed by atoms with Crippen LogP contribution in [0.3, 0.4) is 0 Å². The van der Waals surface area contributed by atoms with Crippen LogP contribution in [0.5, 0.6) is 5.88 Å². The molecule has 0 fully saturated rings. The summed E-state index contributed by atoms with van der Waals surface area (Å²) in [7, 11) is 0. The van der Waals surface area contributed by atoms with E-state index in [2.05, 4.69) is 10.3 Å². The zero-order chi connectivity index (χ0) is 21.4. The zero-order valence-corrected chi connectivity index (χ0v) is 16.5. The largest absolute Gasteiger partial charge is 0.494 e. The summed E-state index contributed by atoms with van der Waals surface area (Å²) in [5, 5.41) is 16.0. The van der Waals surface area contributed by atoms with Gasteiger partial charge in [0.15, 0.2) is 0 Å².